The fraction of sp³-hybridized carbons (Fsp3) is 0.0500. The summed E-state index contributed by atoms with van der Waals surface area (Å²) in [7, 11) is 0. The SMILES string of the molecule is FC(F)(F)c1cccc(NC(=Nc2ccccc2)Nc2ccccc2)c1. The van der Waals surface area contributed by atoms with Crippen LogP contribution in [0.15, 0.2) is 89.9 Å². The highest BCUT2D eigenvalue weighted by atomic mass is 19.4. The van der Waals surface area contributed by atoms with Crippen molar-refractivity contribution in [2.75, 3.05) is 10.6 Å². The Labute approximate surface area is 149 Å². The highest BCUT2D eigenvalue weighted by Crippen LogP contribution is 2.30. The van der Waals surface area contributed by atoms with Crippen LogP contribution in [0.2, 0.25) is 0 Å². The molecule has 3 aromatic rings. The Balaban J connectivity index is 1.90. The van der Waals surface area contributed by atoms with Crippen molar-refractivity contribution in [1.29, 1.82) is 0 Å². The van der Waals surface area contributed by atoms with Gasteiger partial charge in [0.2, 0.25) is 5.96 Å². The summed E-state index contributed by atoms with van der Waals surface area (Å²) in [6.45, 7) is 0. The lowest BCUT2D eigenvalue weighted by molar-refractivity contribution is -0.137. The zero-order chi connectivity index (χ0) is 18.4. The molecule has 6 heteroatoms. The number of alkyl halides is 3. The Hall–Kier alpha value is -3.28. The van der Waals surface area contributed by atoms with E-state index in [-0.39, 0.29) is 5.69 Å². The third kappa shape index (κ3) is 4.86. The molecule has 0 aromatic heterocycles. The summed E-state index contributed by atoms with van der Waals surface area (Å²) in [5.74, 6) is 0.321. The topological polar surface area (TPSA) is 36.4 Å². The maximum Gasteiger partial charge on any atom is 0.416 e. The summed E-state index contributed by atoms with van der Waals surface area (Å²) in [6, 6.07) is 23.4. The fourth-order valence-electron chi connectivity index (χ4n) is 2.29. The van der Waals surface area contributed by atoms with Gasteiger partial charge in [0.05, 0.1) is 11.3 Å². The molecule has 3 rings (SSSR count). The fourth-order valence-corrected chi connectivity index (χ4v) is 2.29. The molecule has 0 spiro atoms. The molecule has 0 bridgehead atoms. The molecule has 0 fully saturated rings. The molecule has 0 atom stereocenters. The molecule has 0 aliphatic carbocycles. The second-order valence-corrected chi connectivity index (χ2v) is 5.49. The number of hydrogen-bond acceptors (Lipinski definition) is 1. The first kappa shape index (κ1) is 17.5. The van der Waals surface area contributed by atoms with E-state index in [0.29, 0.717) is 11.6 Å². The smallest absolute Gasteiger partial charge is 0.326 e. The second-order valence-electron chi connectivity index (χ2n) is 5.49. The summed E-state index contributed by atoms with van der Waals surface area (Å²) in [6.07, 6.45) is -4.40. The molecule has 132 valence electrons. The molecule has 26 heavy (non-hydrogen) atoms. The zero-order valence-corrected chi connectivity index (χ0v) is 13.7. The van der Waals surface area contributed by atoms with Gasteiger partial charge < -0.3 is 10.6 Å². The van der Waals surface area contributed by atoms with Crippen molar-refractivity contribution in [3.63, 3.8) is 0 Å². The lowest BCUT2D eigenvalue weighted by Crippen LogP contribution is -2.22. The van der Waals surface area contributed by atoms with Gasteiger partial charge >= 0.3 is 6.18 Å². The maximum atomic E-state index is 12.9. The number of benzene rings is 3. The number of halogens is 3. The number of guanidine groups is 1. The Morgan fingerprint density at radius 3 is 1.92 bits per heavy atom. The molecule has 2 N–H and O–H groups in total. The third-order valence-electron chi connectivity index (χ3n) is 3.49. The van der Waals surface area contributed by atoms with Gasteiger partial charge in [-0.05, 0) is 42.5 Å². The lowest BCUT2D eigenvalue weighted by Gasteiger charge is -2.14. The number of anilines is 2. The first-order valence-corrected chi connectivity index (χ1v) is 7.91. The summed E-state index contributed by atoms with van der Waals surface area (Å²) >= 11 is 0. The Kier molecular flexibility index (Phi) is 5.22. The van der Waals surface area contributed by atoms with Gasteiger partial charge in [-0.2, -0.15) is 13.2 Å². The van der Waals surface area contributed by atoms with Gasteiger partial charge in [0, 0.05) is 11.4 Å². The van der Waals surface area contributed by atoms with Crippen molar-refractivity contribution >= 4 is 23.0 Å². The molecule has 0 aliphatic rings. The molecule has 3 aromatic carbocycles. The van der Waals surface area contributed by atoms with Crippen LogP contribution < -0.4 is 10.6 Å². The number of nitrogens with one attached hydrogen (secondary N) is 2. The van der Waals surface area contributed by atoms with E-state index in [2.05, 4.69) is 15.6 Å². The number of para-hydroxylation sites is 2. The molecule has 3 nitrogen and oxygen atoms in total. The van der Waals surface area contributed by atoms with Crippen LogP contribution in [0.25, 0.3) is 0 Å². The normalized spacial score (nSPS) is 11.9. The van der Waals surface area contributed by atoms with E-state index < -0.39 is 11.7 Å². The molecule has 0 saturated carbocycles. The van der Waals surface area contributed by atoms with Crippen LogP contribution in [0, 0.1) is 0 Å². The van der Waals surface area contributed by atoms with E-state index in [4.69, 9.17) is 0 Å². The summed E-state index contributed by atoms with van der Waals surface area (Å²) in [4.78, 5) is 4.45. The van der Waals surface area contributed by atoms with E-state index in [1.807, 2.05) is 48.5 Å². The van der Waals surface area contributed by atoms with E-state index in [0.717, 1.165) is 17.8 Å². The summed E-state index contributed by atoms with van der Waals surface area (Å²) < 4.78 is 38.8. The van der Waals surface area contributed by atoms with Gasteiger partial charge in [0.1, 0.15) is 0 Å². The van der Waals surface area contributed by atoms with E-state index >= 15 is 0 Å². The summed E-state index contributed by atoms with van der Waals surface area (Å²) in [5, 5.41) is 6.02. The number of nitrogens with zero attached hydrogens (tertiary/aromatic N) is 1. The second kappa shape index (κ2) is 7.74. The number of aliphatic imine (C=N–C) groups is 1. The van der Waals surface area contributed by atoms with Crippen molar-refractivity contribution in [3.8, 4) is 0 Å². The van der Waals surface area contributed by atoms with Crippen LogP contribution >= 0.6 is 0 Å². The minimum atomic E-state index is -4.40. The van der Waals surface area contributed by atoms with Crippen molar-refractivity contribution in [1.82, 2.24) is 0 Å². The van der Waals surface area contributed by atoms with Crippen molar-refractivity contribution in [2.45, 2.75) is 6.18 Å². The Morgan fingerprint density at radius 2 is 1.27 bits per heavy atom. The van der Waals surface area contributed by atoms with Gasteiger partial charge in [-0.15, -0.1) is 0 Å². The Bertz CT molecular complexity index is 876. The predicted octanol–water partition coefficient (Wildman–Crippen LogP) is 5.92. The van der Waals surface area contributed by atoms with Gasteiger partial charge in [0.15, 0.2) is 0 Å². The number of hydrogen-bond donors (Lipinski definition) is 2. The summed E-state index contributed by atoms with van der Waals surface area (Å²) in [5.41, 5.74) is 1.01. The standard InChI is InChI=1S/C20H16F3N3/c21-20(22,23)15-8-7-13-18(14-15)26-19(24-16-9-3-1-4-10-16)25-17-11-5-2-6-12-17/h1-14H,(H2,24,25,26). The van der Waals surface area contributed by atoms with Crippen molar-refractivity contribution < 1.29 is 13.2 Å². The highest BCUT2D eigenvalue weighted by molar-refractivity contribution is 6.04. The predicted molar refractivity (Wildman–Crippen MR) is 98.7 cm³/mol. The van der Waals surface area contributed by atoms with Crippen LogP contribution in [0.3, 0.4) is 0 Å². The van der Waals surface area contributed by atoms with Gasteiger partial charge in [0.25, 0.3) is 0 Å². The minimum absolute atomic E-state index is 0.290. The molecule has 0 radical (unpaired) electrons. The van der Waals surface area contributed by atoms with Crippen molar-refractivity contribution in [2.24, 2.45) is 4.99 Å². The monoisotopic (exact) mass is 355 g/mol. The molecule has 0 heterocycles. The first-order chi connectivity index (χ1) is 12.5. The van der Waals surface area contributed by atoms with Crippen LogP contribution in [0.4, 0.5) is 30.2 Å². The lowest BCUT2D eigenvalue weighted by atomic mass is 10.2. The third-order valence-corrected chi connectivity index (χ3v) is 3.49. The van der Waals surface area contributed by atoms with Crippen LogP contribution in [-0.4, -0.2) is 5.96 Å². The van der Waals surface area contributed by atoms with Crippen molar-refractivity contribution in [3.05, 3.63) is 90.5 Å². The van der Waals surface area contributed by atoms with Gasteiger partial charge in [-0.25, -0.2) is 4.99 Å². The molecule has 0 aliphatic heterocycles. The van der Waals surface area contributed by atoms with Crippen LogP contribution in [0.1, 0.15) is 5.56 Å². The minimum Gasteiger partial charge on any atom is -0.326 e. The van der Waals surface area contributed by atoms with E-state index in [1.54, 1.807) is 18.2 Å². The van der Waals surface area contributed by atoms with Crippen LogP contribution in [0.5, 0.6) is 0 Å². The first-order valence-electron chi connectivity index (χ1n) is 7.91. The average molecular weight is 355 g/mol. The van der Waals surface area contributed by atoms with Gasteiger partial charge in [-0.1, -0.05) is 42.5 Å². The largest absolute Gasteiger partial charge is 0.416 e. The van der Waals surface area contributed by atoms with Gasteiger partial charge in [-0.3, -0.25) is 0 Å². The van der Waals surface area contributed by atoms with E-state index in [1.165, 1.54) is 6.07 Å². The maximum absolute atomic E-state index is 12.9. The molecule has 0 unspecified atom stereocenters. The zero-order valence-electron chi connectivity index (χ0n) is 13.7. The highest BCUT2D eigenvalue weighted by Gasteiger charge is 2.30. The molecular weight excluding hydrogens is 339 g/mol. The van der Waals surface area contributed by atoms with Crippen LogP contribution in [-0.2, 0) is 6.18 Å². The average Bonchev–Trinajstić information content (AvgIpc) is 2.63. The number of rotatable bonds is 3. The Morgan fingerprint density at radius 1 is 0.692 bits per heavy atom. The molecule has 0 saturated heterocycles. The quantitative estimate of drug-likeness (QED) is 0.452. The molecular formula is C20H16F3N3. The molecule has 0 amide bonds. The van der Waals surface area contributed by atoms with E-state index in [9.17, 15) is 13.2 Å².